The van der Waals surface area contributed by atoms with Crippen LogP contribution in [-0.4, -0.2) is 41.1 Å². The van der Waals surface area contributed by atoms with Crippen molar-refractivity contribution >= 4 is 23.6 Å². The molecule has 0 saturated carbocycles. The van der Waals surface area contributed by atoms with E-state index in [1.54, 1.807) is 23.6 Å². The molecular weight excluding hydrogens is 310 g/mol. The molecule has 1 aromatic rings. The molecule has 3 rings (SSSR count). The van der Waals surface area contributed by atoms with Gasteiger partial charge in [0.2, 0.25) is 5.91 Å². The first-order chi connectivity index (χ1) is 11.2. The molecule has 0 radical (unpaired) electrons. The van der Waals surface area contributed by atoms with Gasteiger partial charge in [-0.15, -0.1) is 11.8 Å². The summed E-state index contributed by atoms with van der Waals surface area (Å²) in [6.45, 7) is 2.16. The van der Waals surface area contributed by atoms with Crippen LogP contribution in [0.5, 0.6) is 0 Å². The third-order valence-electron chi connectivity index (χ3n) is 4.67. The van der Waals surface area contributed by atoms with Crippen LogP contribution in [0.2, 0.25) is 0 Å². The van der Waals surface area contributed by atoms with E-state index in [1.807, 2.05) is 0 Å². The maximum atomic E-state index is 12.6. The van der Waals surface area contributed by atoms with E-state index < -0.39 is 6.04 Å². The van der Waals surface area contributed by atoms with Crippen molar-refractivity contribution in [2.24, 2.45) is 5.92 Å². The van der Waals surface area contributed by atoms with Gasteiger partial charge in [-0.25, -0.2) is 4.79 Å². The molecule has 5 heteroatoms. The van der Waals surface area contributed by atoms with Gasteiger partial charge in [0, 0.05) is 12.2 Å². The van der Waals surface area contributed by atoms with Crippen molar-refractivity contribution in [1.29, 1.82) is 0 Å². The molecule has 4 nitrogen and oxygen atoms in total. The molecule has 124 valence electrons. The molecule has 0 bridgehead atoms. The molecule has 1 aromatic carbocycles. The summed E-state index contributed by atoms with van der Waals surface area (Å²) in [4.78, 5) is 26.3. The van der Waals surface area contributed by atoms with Gasteiger partial charge in [-0.05, 0) is 43.2 Å². The molecule has 1 heterocycles. The predicted molar refractivity (Wildman–Crippen MR) is 91.2 cm³/mol. The summed E-state index contributed by atoms with van der Waals surface area (Å²) in [5.41, 5.74) is 2.78. The molecule has 23 heavy (non-hydrogen) atoms. The topological polar surface area (TPSA) is 46.6 Å². The number of carbonyl (C=O) groups excluding carboxylic acids is 2. The highest BCUT2D eigenvalue weighted by atomic mass is 32.2. The average molecular weight is 333 g/mol. The number of hydrogen-bond donors (Lipinski definition) is 0. The monoisotopic (exact) mass is 333 g/mol. The SMILES string of the molecule is CCOC(=O)[C@@H]1CSCN1C(=O)C[C@@H]1CCc2ccccc2C1. The van der Waals surface area contributed by atoms with E-state index in [4.69, 9.17) is 4.74 Å². The van der Waals surface area contributed by atoms with Gasteiger partial charge in [-0.1, -0.05) is 24.3 Å². The first-order valence-electron chi connectivity index (χ1n) is 8.29. The van der Waals surface area contributed by atoms with Crippen LogP contribution in [-0.2, 0) is 27.2 Å². The number of amides is 1. The van der Waals surface area contributed by atoms with Crippen molar-refractivity contribution in [3.63, 3.8) is 0 Å². The van der Waals surface area contributed by atoms with Gasteiger partial charge in [0.15, 0.2) is 0 Å². The zero-order valence-corrected chi connectivity index (χ0v) is 14.3. The van der Waals surface area contributed by atoms with Crippen molar-refractivity contribution in [2.45, 2.75) is 38.6 Å². The molecule has 0 aromatic heterocycles. The number of ether oxygens (including phenoxy) is 1. The Morgan fingerprint density at radius 3 is 2.87 bits per heavy atom. The number of benzene rings is 1. The van der Waals surface area contributed by atoms with E-state index in [0.29, 0.717) is 30.6 Å². The number of rotatable bonds is 4. The molecule has 1 amide bonds. The first-order valence-corrected chi connectivity index (χ1v) is 9.45. The number of fused-ring (bicyclic) bond motifs is 1. The quantitative estimate of drug-likeness (QED) is 0.795. The lowest BCUT2D eigenvalue weighted by Crippen LogP contribution is -2.43. The van der Waals surface area contributed by atoms with Crippen molar-refractivity contribution in [3.05, 3.63) is 35.4 Å². The summed E-state index contributed by atoms with van der Waals surface area (Å²) in [5.74, 6) is 1.46. The number of thioether (sulfide) groups is 1. The van der Waals surface area contributed by atoms with Gasteiger partial charge >= 0.3 is 5.97 Å². The Morgan fingerprint density at radius 1 is 1.30 bits per heavy atom. The van der Waals surface area contributed by atoms with Gasteiger partial charge in [0.05, 0.1) is 12.5 Å². The van der Waals surface area contributed by atoms with Crippen LogP contribution in [0.15, 0.2) is 24.3 Å². The van der Waals surface area contributed by atoms with E-state index in [9.17, 15) is 9.59 Å². The van der Waals surface area contributed by atoms with E-state index in [1.165, 1.54) is 11.1 Å². The summed E-state index contributed by atoms with van der Waals surface area (Å²) in [7, 11) is 0. The highest BCUT2D eigenvalue weighted by Gasteiger charge is 2.36. The Morgan fingerprint density at radius 2 is 2.09 bits per heavy atom. The average Bonchev–Trinajstić information content (AvgIpc) is 3.05. The summed E-state index contributed by atoms with van der Waals surface area (Å²) in [6, 6.07) is 8.09. The van der Waals surface area contributed by atoms with E-state index >= 15 is 0 Å². The maximum Gasteiger partial charge on any atom is 0.329 e. The third kappa shape index (κ3) is 3.71. The fraction of sp³-hybridized carbons (Fsp3) is 0.556. The lowest BCUT2D eigenvalue weighted by molar-refractivity contribution is -0.152. The van der Waals surface area contributed by atoms with Crippen LogP contribution in [0.4, 0.5) is 0 Å². The number of esters is 1. The molecular formula is C18H23NO3S. The van der Waals surface area contributed by atoms with E-state index in [0.717, 1.165) is 19.3 Å². The van der Waals surface area contributed by atoms with Gasteiger partial charge in [-0.2, -0.15) is 0 Å². The number of carbonyl (C=O) groups is 2. The van der Waals surface area contributed by atoms with Gasteiger partial charge in [-0.3, -0.25) is 4.79 Å². The highest BCUT2D eigenvalue weighted by Crippen LogP contribution is 2.30. The molecule has 1 aliphatic heterocycles. The standard InChI is InChI=1S/C18H23NO3S/c1-2-22-18(21)16-11-23-12-19(16)17(20)10-13-7-8-14-5-3-4-6-15(14)9-13/h3-6,13,16H,2,7-12H2,1H3/t13-,16+/m1/s1. The third-order valence-corrected chi connectivity index (χ3v) is 5.69. The summed E-state index contributed by atoms with van der Waals surface area (Å²) < 4.78 is 5.10. The minimum absolute atomic E-state index is 0.0948. The van der Waals surface area contributed by atoms with Crippen molar-refractivity contribution < 1.29 is 14.3 Å². The Bertz CT molecular complexity index is 589. The van der Waals surface area contributed by atoms with Crippen molar-refractivity contribution in [3.8, 4) is 0 Å². The maximum absolute atomic E-state index is 12.6. The molecule has 2 atom stereocenters. The van der Waals surface area contributed by atoms with Crippen LogP contribution >= 0.6 is 11.8 Å². The van der Waals surface area contributed by atoms with E-state index in [-0.39, 0.29) is 11.9 Å². The lowest BCUT2D eigenvalue weighted by Gasteiger charge is -2.27. The summed E-state index contributed by atoms with van der Waals surface area (Å²) in [5, 5.41) is 0. The van der Waals surface area contributed by atoms with Gasteiger partial charge < -0.3 is 9.64 Å². The fourth-order valence-electron chi connectivity index (χ4n) is 3.43. The number of hydrogen-bond acceptors (Lipinski definition) is 4. The van der Waals surface area contributed by atoms with Crippen LogP contribution < -0.4 is 0 Å². The van der Waals surface area contributed by atoms with Crippen LogP contribution in [0, 0.1) is 5.92 Å². The minimum atomic E-state index is -0.400. The second-order valence-electron chi connectivity index (χ2n) is 6.21. The lowest BCUT2D eigenvalue weighted by atomic mass is 9.82. The molecule has 1 saturated heterocycles. The fourth-order valence-corrected chi connectivity index (χ4v) is 4.60. The highest BCUT2D eigenvalue weighted by molar-refractivity contribution is 7.99. The van der Waals surface area contributed by atoms with Crippen LogP contribution in [0.3, 0.4) is 0 Å². The first kappa shape index (κ1) is 16.4. The van der Waals surface area contributed by atoms with Crippen molar-refractivity contribution in [2.75, 3.05) is 18.2 Å². The number of nitrogens with zero attached hydrogens (tertiary/aromatic N) is 1. The second kappa shape index (κ2) is 7.39. The largest absolute Gasteiger partial charge is 0.464 e. The Labute approximate surface area is 141 Å². The molecule has 0 unspecified atom stereocenters. The van der Waals surface area contributed by atoms with Gasteiger partial charge in [0.1, 0.15) is 6.04 Å². The smallest absolute Gasteiger partial charge is 0.329 e. The zero-order chi connectivity index (χ0) is 16.2. The number of aryl methyl sites for hydroxylation is 1. The predicted octanol–water partition coefficient (Wildman–Crippen LogP) is 2.65. The van der Waals surface area contributed by atoms with Gasteiger partial charge in [0.25, 0.3) is 0 Å². The second-order valence-corrected chi connectivity index (χ2v) is 7.21. The van der Waals surface area contributed by atoms with Crippen LogP contribution in [0.25, 0.3) is 0 Å². The molecule has 1 fully saturated rings. The summed E-state index contributed by atoms with van der Waals surface area (Å²) >= 11 is 1.63. The Balaban J connectivity index is 1.60. The van der Waals surface area contributed by atoms with E-state index in [2.05, 4.69) is 24.3 Å². The summed E-state index contributed by atoms with van der Waals surface area (Å²) in [6.07, 6.45) is 3.59. The Kier molecular flexibility index (Phi) is 5.26. The molecule has 0 N–H and O–H groups in total. The molecule has 2 aliphatic rings. The van der Waals surface area contributed by atoms with Crippen molar-refractivity contribution in [1.82, 2.24) is 4.90 Å². The zero-order valence-electron chi connectivity index (χ0n) is 13.5. The minimum Gasteiger partial charge on any atom is -0.464 e. The molecule has 1 aliphatic carbocycles. The van der Waals surface area contributed by atoms with Crippen LogP contribution in [0.1, 0.15) is 30.9 Å². The normalized spacial score (nSPS) is 23.4. The molecule has 0 spiro atoms. The Hall–Kier alpha value is -1.49.